The number of anilines is 2. The standard InChI is InChI=1S/C34H36N3O4P/c1-4-40-42(39,41-5-2)29-20-21-31-30(22-29)32(34(38)36-31)33(27-14-10-7-11-15-27)35-28-18-16-26(17-19-28)24-37(3)23-25-12-8-6-9-13-25/h6-22,35H,4-5,23-24H2,1-3H3,(H,36,38)/b33-32-. The van der Waals surface area contributed by atoms with Crippen molar-refractivity contribution in [3.8, 4) is 0 Å². The van der Waals surface area contributed by atoms with Crippen LogP contribution in [0, 0.1) is 0 Å². The summed E-state index contributed by atoms with van der Waals surface area (Å²) in [4.78, 5) is 15.7. The van der Waals surface area contributed by atoms with Crippen molar-refractivity contribution in [3.05, 3.63) is 125 Å². The van der Waals surface area contributed by atoms with Crippen LogP contribution in [0.25, 0.3) is 11.3 Å². The maximum absolute atomic E-state index is 13.6. The Hall–Kier alpha value is -4.00. The van der Waals surface area contributed by atoms with E-state index in [1.165, 1.54) is 11.1 Å². The number of hydrogen-bond acceptors (Lipinski definition) is 6. The average molecular weight is 582 g/mol. The summed E-state index contributed by atoms with van der Waals surface area (Å²) in [5.74, 6) is -0.240. The first-order valence-corrected chi connectivity index (χ1v) is 15.7. The van der Waals surface area contributed by atoms with Crippen LogP contribution < -0.4 is 15.9 Å². The predicted molar refractivity (Wildman–Crippen MR) is 170 cm³/mol. The minimum Gasteiger partial charge on any atom is -0.354 e. The highest BCUT2D eigenvalue weighted by molar-refractivity contribution is 7.62. The molecule has 0 radical (unpaired) electrons. The second-order valence-electron chi connectivity index (χ2n) is 10.1. The van der Waals surface area contributed by atoms with Gasteiger partial charge in [-0.2, -0.15) is 0 Å². The minimum absolute atomic E-state index is 0.239. The van der Waals surface area contributed by atoms with Crippen molar-refractivity contribution in [1.82, 2.24) is 4.90 Å². The number of fused-ring (bicyclic) bond motifs is 1. The molecule has 0 saturated heterocycles. The van der Waals surface area contributed by atoms with Crippen LogP contribution in [0.15, 0.2) is 103 Å². The third kappa shape index (κ3) is 6.72. The summed E-state index contributed by atoms with van der Waals surface area (Å²) in [6.45, 7) is 5.70. The molecule has 1 aliphatic rings. The van der Waals surface area contributed by atoms with Gasteiger partial charge in [-0.15, -0.1) is 0 Å². The fraction of sp³-hybridized carbons (Fsp3) is 0.206. The normalized spacial score (nSPS) is 14.0. The van der Waals surface area contributed by atoms with Crippen molar-refractivity contribution in [2.75, 3.05) is 30.9 Å². The van der Waals surface area contributed by atoms with Gasteiger partial charge in [0.25, 0.3) is 5.91 Å². The fourth-order valence-electron chi connectivity index (χ4n) is 5.08. The van der Waals surface area contributed by atoms with E-state index in [2.05, 4.69) is 59.0 Å². The number of nitrogens with zero attached hydrogens (tertiary/aromatic N) is 1. The van der Waals surface area contributed by atoms with Crippen molar-refractivity contribution < 1.29 is 18.4 Å². The van der Waals surface area contributed by atoms with Crippen molar-refractivity contribution in [2.24, 2.45) is 0 Å². The molecule has 4 aromatic rings. The monoisotopic (exact) mass is 581 g/mol. The zero-order chi connectivity index (χ0) is 29.5. The second-order valence-corrected chi connectivity index (χ2v) is 12.1. The third-order valence-electron chi connectivity index (χ3n) is 6.95. The van der Waals surface area contributed by atoms with E-state index >= 15 is 0 Å². The van der Waals surface area contributed by atoms with E-state index in [4.69, 9.17) is 9.05 Å². The summed E-state index contributed by atoms with van der Waals surface area (Å²) < 4.78 is 24.7. The zero-order valence-electron chi connectivity index (χ0n) is 24.2. The molecule has 0 aromatic heterocycles. The molecule has 1 aliphatic heterocycles. The van der Waals surface area contributed by atoms with E-state index < -0.39 is 7.60 Å². The molecular formula is C34H36N3O4P. The van der Waals surface area contributed by atoms with Gasteiger partial charge in [0.2, 0.25) is 0 Å². The fourth-order valence-corrected chi connectivity index (χ4v) is 6.68. The Morgan fingerprint density at radius 1 is 0.810 bits per heavy atom. The van der Waals surface area contributed by atoms with E-state index in [9.17, 15) is 9.36 Å². The number of amides is 1. The maximum atomic E-state index is 13.6. The van der Waals surface area contributed by atoms with Gasteiger partial charge in [-0.25, -0.2) is 0 Å². The van der Waals surface area contributed by atoms with Crippen LogP contribution in [0.5, 0.6) is 0 Å². The van der Waals surface area contributed by atoms with Crippen LogP contribution in [-0.2, 0) is 31.5 Å². The molecule has 5 rings (SSSR count). The molecule has 0 spiro atoms. The highest BCUT2D eigenvalue weighted by atomic mass is 31.2. The van der Waals surface area contributed by atoms with Gasteiger partial charge in [0.05, 0.1) is 29.8 Å². The van der Waals surface area contributed by atoms with Crippen LogP contribution in [0.1, 0.15) is 36.1 Å². The van der Waals surface area contributed by atoms with E-state index in [1.807, 2.05) is 48.5 Å². The smallest absolute Gasteiger partial charge is 0.354 e. The lowest BCUT2D eigenvalue weighted by atomic mass is 10.00. The lowest BCUT2D eigenvalue weighted by molar-refractivity contribution is -0.110. The SMILES string of the molecule is CCOP(=O)(OCC)c1ccc2c(c1)/C(=C(/Nc1ccc(CN(C)Cc3ccccc3)cc1)c1ccccc1)C(=O)N2. The first kappa shape index (κ1) is 29.5. The Labute approximate surface area is 247 Å². The summed E-state index contributed by atoms with van der Waals surface area (Å²) in [6.07, 6.45) is 0. The zero-order valence-corrected chi connectivity index (χ0v) is 25.1. The van der Waals surface area contributed by atoms with Crippen LogP contribution in [0.2, 0.25) is 0 Å². The Balaban J connectivity index is 1.47. The Kier molecular flexibility index (Phi) is 9.35. The number of hydrogen-bond donors (Lipinski definition) is 2. The van der Waals surface area contributed by atoms with E-state index in [1.54, 1.807) is 32.0 Å². The molecule has 0 bridgehead atoms. The molecule has 42 heavy (non-hydrogen) atoms. The number of carbonyl (C=O) groups excluding carboxylic acids is 1. The first-order valence-electron chi connectivity index (χ1n) is 14.1. The van der Waals surface area contributed by atoms with E-state index in [-0.39, 0.29) is 19.1 Å². The molecule has 1 heterocycles. The largest absolute Gasteiger partial charge is 0.361 e. The Morgan fingerprint density at radius 2 is 1.40 bits per heavy atom. The van der Waals surface area contributed by atoms with Crippen LogP contribution in [0.3, 0.4) is 0 Å². The van der Waals surface area contributed by atoms with Crippen LogP contribution in [0.4, 0.5) is 11.4 Å². The van der Waals surface area contributed by atoms with Gasteiger partial charge < -0.3 is 19.7 Å². The van der Waals surface area contributed by atoms with Gasteiger partial charge in [0.1, 0.15) is 0 Å². The molecule has 216 valence electrons. The molecule has 0 saturated carbocycles. The molecule has 0 unspecified atom stereocenters. The number of nitrogens with one attached hydrogen (secondary N) is 2. The Bertz CT molecular complexity index is 1600. The number of benzene rings is 4. The lowest BCUT2D eigenvalue weighted by Crippen LogP contribution is -2.17. The molecule has 2 N–H and O–H groups in total. The van der Waals surface area contributed by atoms with Gasteiger partial charge >= 0.3 is 7.60 Å². The molecule has 4 aromatic carbocycles. The van der Waals surface area contributed by atoms with Crippen LogP contribution in [-0.4, -0.2) is 31.1 Å². The lowest BCUT2D eigenvalue weighted by Gasteiger charge is -2.19. The van der Waals surface area contributed by atoms with Gasteiger partial charge in [0, 0.05) is 30.0 Å². The highest BCUT2D eigenvalue weighted by Gasteiger charge is 2.33. The summed E-state index contributed by atoms with van der Waals surface area (Å²) in [5.41, 5.74) is 6.56. The minimum atomic E-state index is -3.54. The molecule has 1 amide bonds. The average Bonchev–Trinajstić information content (AvgIpc) is 3.32. The summed E-state index contributed by atoms with van der Waals surface area (Å²) in [6, 6.07) is 33.6. The van der Waals surface area contributed by atoms with Gasteiger partial charge in [-0.05, 0) is 67.9 Å². The molecule has 0 aliphatic carbocycles. The van der Waals surface area contributed by atoms with Crippen molar-refractivity contribution in [2.45, 2.75) is 26.9 Å². The molecule has 0 fully saturated rings. The van der Waals surface area contributed by atoms with Gasteiger partial charge in [-0.1, -0.05) is 72.8 Å². The summed E-state index contributed by atoms with van der Waals surface area (Å²) in [5, 5.41) is 6.89. The van der Waals surface area contributed by atoms with Crippen LogP contribution >= 0.6 is 7.60 Å². The third-order valence-corrected chi connectivity index (χ3v) is 9.05. The van der Waals surface area contributed by atoms with Gasteiger partial charge in [0.15, 0.2) is 0 Å². The second kappa shape index (κ2) is 13.3. The maximum Gasteiger partial charge on any atom is 0.361 e. The molecule has 7 nitrogen and oxygen atoms in total. The highest BCUT2D eigenvalue weighted by Crippen LogP contribution is 2.48. The molecular weight excluding hydrogens is 545 g/mol. The summed E-state index contributed by atoms with van der Waals surface area (Å²) >= 11 is 0. The first-order chi connectivity index (χ1) is 20.4. The van der Waals surface area contributed by atoms with Gasteiger partial charge in [-0.3, -0.25) is 14.3 Å². The summed E-state index contributed by atoms with van der Waals surface area (Å²) in [7, 11) is -1.44. The van der Waals surface area contributed by atoms with Crippen molar-refractivity contribution >= 4 is 41.5 Å². The molecule has 0 atom stereocenters. The van der Waals surface area contributed by atoms with Crippen molar-refractivity contribution in [1.29, 1.82) is 0 Å². The predicted octanol–water partition coefficient (Wildman–Crippen LogP) is 7.14. The Morgan fingerprint density at radius 3 is 2.02 bits per heavy atom. The topological polar surface area (TPSA) is 79.9 Å². The quantitative estimate of drug-likeness (QED) is 0.137. The van der Waals surface area contributed by atoms with Crippen molar-refractivity contribution in [3.63, 3.8) is 0 Å². The number of rotatable bonds is 12. The number of carbonyl (C=O) groups is 1. The van der Waals surface area contributed by atoms with E-state index in [0.717, 1.165) is 24.3 Å². The molecule has 8 heteroatoms. The van der Waals surface area contributed by atoms with E-state index in [0.29, 0.717) is 27.8 Å².